The van der Waals surface area contributed by atoms with E-state index in [1.165, 1.54) is 11.1 Å². The zero-order valence-corrected chi connectivity index (χ0v) is 14.1. The van der Waals surface area contributed by atoms with E-state index < -0.39 is 0 Å². The first-order valence-electron chi connectivity index (χ1n) is 6.19. The lowest BCUT2D eigenvalue weighted by molar-refractivity contribution is 0.492. The number of aromatic nitrogens is 1. The molecular weight excluding hydrogens is 368 g/mol. The molecule has 0 saturated carbocycles. The average Bonchev–Trinajstić information content (AvgIpc) is 2.39. The first-order valence-corrected chi connectivity index (χ1v) is 7.77. The number of nitrogens with one attached hydrogen (secondary N) is 1. The summed E-state index contributed by atoms with van der Waals surface area (Å²) in [5.41, 5.74) is 2.45. The van der Waals surface area contributed by atoms with Gasteiger partial charge in [-0.15, -0.1) is 0 Å². The summed E-state index contributed by atoms with van der Waals surface area (Å²) in [6, 6.07) is 10.8. The van der Waals surface area contributed by atoms with Crippen molar-refractivity contribution in [3.8, 4) is 0 Å². The van der Waals surface area contributed by atoms with Gasteiger partial charge in [0.15, 0.2) is 0 Å². The van der Waals surface area contributed by atoms with E-state index >= 15 is 0 Å². The second kappa shape index (κ2) is 6.64. The number of hydrogen-bond donors (Lipinski definition) is 1. The molecule has 0 spiro atoms. The lowest BCUT2D eigenvalue weighted by atomic mass is 10.1. The van der Waals surface area contributed by atoms with Crippen LogP contribution in [-0.2, 0) is 0 Å². The van der Waals surface area contributed by atoms with E-state index in [4.69, 9.17) is 0 Å². The summed E-state index contributed by atoms with van der Waals surface area (Å²) in [6.45, 7) is 4.32. The van der Waals surface area contributed by atoms with Crippen LogP contribution in [0, 0.1) is 0 Å². The fraction of sp³-hybridized carbons (Fsp3) is 0.267. The van der Waals surface area contributed by atoms with Gasteiger partial charge < -0.3 is 5.32 Å². The van der Waals surface area contributed by atoms with Gasteiger partial charge in [-0.1, -0.05) is 44.0 Å². The van der Waals surface area contributed by atoms with Gasteiger partial charge in [-0.3, -0.25) is 4.98 Å². The summed E-state index contributed by atoms with van der Waals surface area (Å²) >= 11 is 7.09. The largest absolute Gasteiger partial charge is 0.304 e. The van der Waals surface area contributed by atoms with E-state index in [-0.39, 0.29) is 12.1 Å². The molecule has 1 N–H and O–H groups in total. The summed E-state index contributed by atoms with van der Waals surface area (Å²) in [7, 11) is 0. The van der Waals surface area contributed by atoms with Crippen LogP contribution in [0.25, 0.3) is 0 Å². The molecule has 0 aliphatic carbocycles. The van der Waals surface area contributed by atoms with Crippen LogP contribution in [0.1, 0.15) is 37.1 Å². The molecule has 0 amide bonds. The highest BCUT2D eigenvalue weighted by atomic mass is 79.9. The van der Waals surface area contributed by atoms with Crippen LogP contribution < -0.4 is 5.32 Å². The molecule has 100 valence electrons. The molecule has 0 bridgehead atoms. The van der Waals surface area contributed by atoms with Crippen molar-refractivity contribution in [3.05, 3.63) is 62.8 Å². The maximum absolute atomic E-state index is 4.16. The van der Waals surface area contributed by atoms with Gasteiger partial charge >= 0.3 is 0 Å². The van der Waals surface area contributed by atoms with Crippen molar-refractivity contribution < 1.29 is 0 Å². The number of halogens is 2. The molecule has 1 unspecified atom stereocenters. The van der Waals surface area contributed by atoms with Crippen molar-refractivity contribution in [2.75, 3.05) is 0 Å². The number of rotatable bonds is 4. The fourth-order valence-corrected chi connectivity index (χ4v) is 3.44. The Labute approximate surface area is 130 Å². The third kappa shape index (κ3) is 3.88. The quantitative estimate of drug-likeness (QED) is 0.801. The molecule has 0 aliphatic rings. The van der Waals surface area contributed by atoms with Gasteiger partial charge in [-0.2, -0.15) is 0 Å². The normalized spacial score (nSPS) is 14.1. The number of nitrogens with zero attached hydrogens (tertiary/aromatic N) is 1. The van der Waals surface area contributed by atoms with Gasteiger partial charge in [0.05, 0.1) is 0 Å². The van der Waals surface area contributed by atoms with Crippen molar-refractivity contribution >= 4 is 31.9 Å². The number of benzene rings is 1. The van der Waals surface area contributed by atoms with Crippen LogP contribution in [0.5, 0.6) is 0 Å². The molecule has 2 nitrogen and oxygen atoms in total. The Morgan fingerprint density at radius 2 is 1.89 bits per heavy atom. The highest BCUT2D eigenvalue weighted by molar-refractivity contribution is 9.11. The summed E-state index contributed by atoms with van der Waals surface area (Å²) in [6.07, 6.45) is 3.70. The Hall–Kier alpha value is -0.710. The van der Waals surface area contributed by atoms with E-state index in [0.717, 1.165) is 8.95 Å². The van der Waals surface area contributed by atoms with Crippen LogP contribution >= 0.6 is 31.9 Å². The molecule has 2 rings (SSSR count). The molecule has 1 heterocycles. The van der Waals surface area contributed by atoms with E-state index in [9.17, 15) is 0 Å². The highest BCUT2D eigenvalue weighted by Gasteiger charge is 2.13. The van der Waals surface area contributed by atoms with Crippen LogP contribution in [-0.4, -0.2) is 4.98 Å². The van der Waals surface area contributed by atoms with Crippen molar-refractivity contribution in [3.63, 3.8) is 0 Å². The van der Waals surface area contributed by atoms with Gasteiger partial charge in [0.25, 0.3) is 0 Å². The minimum Gasteiger partial charge on any atom is -0.304 e. The Morgan fingerprint density at radius 3 is 2.53 bits per heavy atom. The average molecular weight is 384 g/mol. The van der Waals surface area contributed by atoms with E-state index in [0.29, 0.717) is 0 Å². The van der Waals surface area contributed by atoms with Crippen LogP contribution in [0.3, 0.4) is 0 Å². The molecule has 0 saturated heterocycles. The molecule has 1 aromatic heterocycles. The first kappa shape index (κ1) is 14.7. The Balaban J connectivity index is 2.10. The van der Waals surface area contributed by atoms with Crippen molar-refractivity contribution in [2.24, 2.45) is 0 Å². The lowest BCUT2D eigenvalue weighted by Gasteiger charge is -2.21. The maximum Gasteiger partial charge on any atom is 0.0315 e. The van der Waals surface area contributed by atoms with Crippen LogP contribution in [0.2, 0.25) is 0 Å². The molecule has 0 aliphatic heterocycles. The van der Waals surface area contributed by atoms with Crippen molar-refractivity contribution in [1.82, 2.24) is 10.3 Å². The third-order valence-electron chi connectivity index (χ3n) is 3.11. The zero-order valence-electron chi connectivity index (χ0n) is 10.9. The summed E-state index contributed by atoms with van der Waals surface area (Å²) in [5.74, 6) is 0. The second-order valence-electron chi connectivity index (χ2n) is 4.56. The molecule has 2 atom stereocenters. The van der Waals surface area contributed by atoms with Crippen LogP contribution in [0.15, 0.2) is 51.7 Å². The number of pyridine rings is 1. The number of hydrogen-bond acceptors (Lipinski definition) is 2. The molecular formula is C15H16Br2N2. The predicted octanol–water partition coefficient (Wildman–Crippen LogP) is 5.02. The smallest absolute Gasteiger partial charge is 0.0315 e. The molecule has 19 heavy (non-hydrogen) atoms. The van der Waals surface area contributed by atoms with E-state index in [1.54, 1.807) is 6.20 Å². The predicted molar refractivity (Wildman–Crippen MR) is 86.0 cm³/mol. The maximum atomic E-state index is 4.16. The van der Waals surface area contributed by atoms with Crippen LogP contribution in [0.4, 0.5) is 0 Å². The van der Waals surface area contributed by atoms with Gasteiger partial charge in [0, 0.05) is 33.4 Å². The van der Waals surface area contributed by atoms with Gasteiger partial charge in [0.2, 0.25) is 0 Å². The van der Waals surface area contributed by atoms with Gasteiger partial charge in [0.1, 0.15) is 0 Å². The molecule has 1 aromatic carbocycles. The fourth-order valence-electron chi connectivity index (χ4n) is 2.05. The summed E-state index contributed by atoms with van der Waals surface area (Å²) < 4.78 is 2.19. The Kier molecular flexibility index (Phi) is 5.13. The molecule has 0 fully saturated rings. The van der Waals surface area contributed by atoms with Crippen molar-refractivity contribution in [2.45, 2.75) is 25.9 Å². The topological polar surface area (TPSA) is 24.9 Å². The van der Waals surface area contributed by atoms with E-state index in [1.807, 2.05) is 12.3 Å². The SMILES string of the molecule is CC(N[C@@H](C)c1cccnc1)c1ccc(Br)cc1Br. The Bertz CT molecular complexity index is 543. The molecule has 2 aromatic rings. The Morgan fingerprint density at radius 1 is 1.11 bits per heavy atom. The van der Waals surface area contributed by atoms with Gasteiger partial charge in [-0.05, 0) is 43.2 Å². The summed E-state index contributed by atoms with van der Waals surface area (Å²) in [4.78, 5) is 4.16. The first-order chi connectivity index (χ1) is 9.08. The summed E-state index contributed by atoms with van der Waals surface area (Å²) in [5, 5.41) is 3.59. The monoisotopic (exact) mass is 382 g/mol. The third-order valence-corrected chi connectivity index (χ3v) is 4.29. The zero-order chi connectivity index (χ0) is 13.8. The van der Waals surface area contributed by atoms with Gasteiger partial charge in [-0.25, -0.2) is 0 Å². The standard InChI is InChI=1S/C15H16Br2N2/c1-10(12-4-3-7-18-9-12)19-11(2)14-6-5-13(16)8-15(14)17/h3-11,19H,1-2H3/t10-,11?/m0/s1. The highest BCUT2D eigenvalue weighted by Crippen LogP contribution is 2.28. The second-order valence-corrected chi connectivity index (χ2v) is 6.33. The lowest BCUT2D eigenvalue weighted by Crippen LogP contribution is -2.22. The minimum atomic E-state index is 0.262. The molecule has 0 radical (unpaired) electrons. The molecule has 4 heteroatoms. The minimum absolute atomic E-state index is 0.262. The van der Waals surface area contributed by atoms with E-state index in [2.05, 4.69) is 80.3 Å². The van der Waals surface area contributed by atoms with Crippen molar-refractivity contribution in [1.29, 1.82) is 0 Å².